The molecule has 1 heterocycles. The molecule has 0 saturated carbocycles. The van der Waals surface area contributed by atoms with Crippen molar-refractivity contribution in [2.45, 2.75) is 19.0 Å². The molecule has 3 nitrogen and oxygen atoms in total. The number of thiophene rings is 1. The van der Waals surface area contributed by atoms with E-state index in [1.54, 1.807) is 30.3 Å². The van der Waals surface area contributed by atoms with Gasteiger partial charge in [-0.3, -0.25) is 4.79 Å². The van der Waals surface area contributed by atoms with Crippen LogP contribution < -0.4 is 0 Å². The fourth-order valence-electron chi connectivity index (χ4n) is 3.74. The largest absolute Gasteiger partial charge is 0.477 e. The maximum absolute atomic E-state index is 13.1. The van der Waals surface area contributed by atoms with Gasteiger partial charge in [-0.1, -0.05) is 30.3 Å². The van der Waals surface area contributed by atoms with Gasteiger partial charge in [-0.2, -0.15) is 13.2 Å². The van der Waals surface area contributed by atoms with E-state index in [1.165, 1.54) is 12.1 Å². The van der Waals surface area contributed by atoms with Gasteiger partial charge >= 0.3 is 12.1 Å². The maximum Gasteiger partial charge on any atom is 0.416 e. The monoisotopic (exact) mass is 416 g/mol. The molecule has 29 heavy (non-hydrogen) atoms. The van der Waals surface area contributed by atoms with Crippen molar-refractivity contribution in [2.75, 3.05) is 0 Å². The summed E-state index contributed by atoms with van der Waals surface area (Å²) in [5.41, 5.74) is 1.60. The highest BCUT2D eigenvalue weighted by Crippen LogP contribution is 2.39. The van der Waals surface area contributed by atoms with Crippen LogP contribution >= 0.6 is 11.3 Å². The Morgan fingerprint density at radius 2 is 1.79 bits per heavy atom. The van der Waals surface area contributed by atoms with Gasteiger partial charge in [-0.05, 0) is 53.8 Å². The van der Waals surface area contributed by atoms with E-state index in [1.807, 2.05) is 0 Å². The molecule has 0 amide bonds. The first kappa shape index (κ1) is 19.4. The molecule has 0 spiro atoms. The van der Waals surface area contributed by atoms with Gasteiger partial charge in [0.25, 0.3) is 0 Å². The van der Waals surface area contributed by atoms with Gasteiger partial charge in [-0.25, -0.2) is 4.79 Å². The predicted octanol–water partition coefficient (Wildman–Crippen LogP) is 5.73. The van der Waals surface area contributed by atoms with Gasteiger partial charge in [0, 0.05) is 16.4 Å². The summed E-state index contributed by atoms with van der Waals surface area (Å²) in [4.78, 5) is 24.9. The molecule has 1 aliphatic carbocycles. The second kappa shape index (κ2) is 7.15. The van der Waals surface area contributed by atoms with Crippen molar-refractivity contribution in [1.29, 1.82) is 0 Å². The molecular weight excluding hydrogens is 401 g/mol. The normalized spacial score (nSPS) is 16.1. The Hall–Kier alpha value is -2.93. The molecule has 0 saturated heterocycles. The number of carbonyl (C=O) groups excluding carboxylic acids is 1. The van der Waals surface area contributed by atoms with Gasteiger partial charge in [0.05, 0.1) is 5.56 Å². The van der Waals surface area contributed by atoms with Crippen molar-refractivity contribution in [1.82, 2.24) is 0 Å². The Morgan fingerprint density at radius 1 is 1.07 bits per heavy atom. The summed E-state index contributed by atoms with van der Waals surface area (Å²) in [6.07, 6.45) is -3.61. The fourth-order valence-corrected chi connectivity index (χ4v) is 4.67. The summed E-state index contributed by atoms with van der Waals surface area (Å²) in [6, 6.07) is 13.4. The number of carboxylic acids is 1. The summed E-state index contributed by atoms with van der Waals surface area (Å²) in [6.45, 7) is 0. The van der Waals surface area contributed by atoms with Crippen molar-refractivity contribution in [3.8, 4) is 11.1 Å². The van der Waals surface area contributed by atoms with Crippen LogP contribution in [0.2, 0.25) is 0 Å². The van der Waals surface area contributed by atoms with E-state index in [0.717, 1.165) is 33.9 Å². The molecule has 1 N–H and O–H groups in total. The van der Waals surface area contributed by atoms with Gasteiger partial charge in [0.1, 0.15) is 4.88 Å². The number of fused-ring (bicyclic) bond motifs is 1. The summed E-state index contributed by atoms with van der Waals surface area (Å²) in [5.74, 6) is -1.41. The highest BCUT2D eigenvalue weighted by molar-refractivity contribution is 7.13. The number of Topliss-reactive ketones (excluding diaryl/α,β-unsaturated/α-hetero) is 1. The quantitative estimate of drug-likeness (QED) is 0.591. The zero-order chi connectivity index (χ0) is 20.8. The summed E-state index contributed by atoms with van der Waals surface area (Å²) in [5, 5.41) is 9.06. The van der Waals surface area contributed by atoms with Crippen molar-refractivity contribution < 1.29 is 27.9 Å². The van der Waals surface area contributed by atoms with Crippen LogP contribution in [-0.4, -0.2) is 16.9 Å². The molecular formula is C22H15F3O3S. The predicted molar refractivity (Wildman–Crippen MR) is 103 cm³/mol. The van der Waals surface area contributed by atoms with Crippen LogP contribution in [0.1, 0.15) is 36.0 Å². The Kier molecular flexibility index (Phi) is 4.78. The molecule has 3 aromatic rings. The van der Waals surface area contributed by atoms with Gasteiger partial charge < -0.3 is 5.11 Å². The Balaban J connectivity index is 1.65. The zero-order valence-corrected chi connectivity index (χ0v) is 15.8. The topological polar surface area (TPSA) is 54.4 Å². The second-order valence-electron chi connectivity index (χ2n) is 6.95. The maximum atomic E-state index is 13.1. The molecule has 4 rings (SSSR count). The Labute approximate surface area is 168 Å². The number of benzene rings is 2. The number of alkyl halides is 3. The van der Waals surface area contributed by atoms with Crippen LogP contribution in [0.4, 0.5) is 13.2 Å². The molecule has 0 radical (unpaired) electrons. The van der Waals surface area contributed by atoms with Crippen LogP contribution in [0.3, 0.4) is 0 Å². The Morgan fingerprint density at radius 3 is 2.48 bits per heavy atom. The van der Waals surface area contributed by atoms with Gasteiger partial charge in [0.2, 0.25) is 0 Å². The summed E-state index contributed by atoms with van der Waals surface area (Å²) < 4.78 is 39.3. The van der Waals surface area contributed by atoms with Crippen LogP contribution in [-0.2, 0) is 19.0 Å². The van der Waals surface area contributed by atoms with E-state index >= 15 is 0 Å². The molecule has 1 unspecified atom stereocenters. The summed E-state index contributed by atoms with van der Waals surface area (Å²) in [7, 11) is 0. The van der Waals surface area contributed by atoms with Crippen molar-refractivity contribution in [3.05, 3.63) is 81.0 Å². The fraction of sp³-hybridized carbons (Fsp3) is 0.182. The van der Waals surface area contributed by atoms with Crippen molar-refractivity contribution in [3.63, 3.8) is 0 Å². The minimum atomic E-state index is -4.44. The van der Waals surface area contributed by atoms with Crippen LogP contribution in [0, 0.1) is 5.92 Å². The molecule has 148 valence electrons. The lowest BCUT2D eigenvalue weighted by Crippen LogP contribution is -2.11. The number of rotatable bonds is 4. The van der Waals surface area contributed by atoms with Crippen LogP contribution in [0.25, 0.3) is 11.1 Å². The standard InChI is InChI=1S/C22H15F3O3S/c23-22(24,25)14-4-1-3-12(9-14)16-5-2-6-17-18(16)11-13(20(17)26)10-15-7-8-19(29-15)21(27)28/h1-9,13H,10-11H2,(H,27,28). The first-order valence-corrected chi connectivity index (χ1v) is 9.71. The zero-order valence-electron chi connectivity index (χ0n) is 15.0. The lowest BCUT2D eigenvalue weighted by Gasteiger charge is -2.12. The van der Waals surface area contributed by atoms with Crippen molar-refractivity contribution in [2.24, 2.45) is 5.92 Å². The van der Waals surface area contributed by atoms with E-state index in [4.69, 9.17) is 5.11 Å². The average Bonchev–Trinajstić information content (AvgIpc) is 3.27. The molecule has 7 heteroatoms. The SMILES string of the molecule is O=C(O)c1ccc(CC2Cc3c(cccc3-c3cccc(C(F)(F)F)c3)C2=O)s1. The highest BCUT2D eigenvalue weighted by atomic mass is 32.1. The number of hydrogen-bond donors (Lipinski definition) is 1. The smallest absolute Gasteiger partial charge is 0.416 e. The first-order chi connectivity index (χ1) is 13.7. The number of halogens is 3. The second-order valence-corrected chi connectivity index (χ2v) is 8.12. The lowest BCUT2D eigenvalue weighted by molar-refractivity contribution is -0.137. The van der Waals surface area contributed by atoms with E-state index in [-0.39, 0.29) is 16.6 Å². The lowest BCUT2D eigenvalue weighted by atomic mass is 9.95. The Bertz CT molecular complexity index is 1110. The average molecular weight is 416 g/mol. The molecule has 2 aromatic carbocycles. The number of carbonyl (C=O) groups is 2. The van der Waals surface area contributed by atoms with E-state index in [0.29, 0.717) is 29.5 Å². The third kappa shape index (κ3) is 3.70. The minimum Gasteiger partial charge on any atom is -0.477 e. The first-order valence-electron chi connectivity index (χ1n) is 8.90. The minimum absolute atomic E-state index is 0.0564. The van der Waals surface area contributed by atoms with Gasteiger partial charge in [-0.15, -0.1) is 11.3 Å². The molecule has 1 atom stereocenters. The number of ketones is 1. The van der Waals surface area contributed by atoms with Crippen LogP contribution in [0.15, 0.2) is 54.6 Å². The van der Waals surface area contributed by atoms with E-state index in [9.17, 15) is 22.8 Å². The molecule has 0 aliphatic heterocycles. The summed E-state index contributed by atoms with van der Waals surface area (Å²) >= 11 is 1.14. The van der Waals surface area contributed by atoms with E-state index < -0.39 is 17.7 Å². The molecule has 1 aromatic heterocycles. The van der Waals surface area contributed by atoms with Crippen molar-refractivity contribution >= 4 is 23.1 Å². The molecule has 0 fully saturated rings. The van der Waals surface area contributed by atoms with E-state index in [2.05, 4.69) is 0 Å². The highest BCUT2D eigenvalue weighted by Gasteiger charge is 2.34. The number of aromatic carboxylic acids is 1. The number of hydrogen-bond acceptors (Lipinski definition) is 3. The third-order valence-corrected chi connectivity index (χ3v) is 6.18. The molecule has 0 bridgehead atoms. The van der Waals surface area contributed by atoms with Gasteiger partial charge in [0.15, 0.2) is 5.78 Å². The van der Waals surface area contributed by atoms with Crippen LogP contribution in [0.5, 0.6) is 0 Å². The molecule has 1 aliphatic rings. The third-order valence-electron chi connectivity index (χ3n) is 5.08. The number of carboxylic acid groups (broad SMARTS) is 1.